The Labute approximate surface area is 236 Å². The normalized spacial score (nSPS) is 15.4. The summed E-state index contributed by atoms with van der Waals surface area (Å²) in [4.78, 5) is 23.6. The molecule has 0 radical (unpaired) electrons. The van der Waals surface area contributed by atoms with Gasteiger partial charge in [0.2, 0.25) is 0 Å². The van der Waals surface area contributed by atoms with Gasteiger partial charge in [0.15, 0.2) is 10.8 Å². The Bertz CT molecular complexity index is 1470. The molecule has 7 nitrogen and oxygen atoms in total. The standard InChI is InChI=1S/C32H25N3O4S/c1-38-29(36)21-28-30(37)34-31(40-28)35-33-22-23-17-19-27(20-18-23)39-32(24-11-5-2-6-12-24,25-13-7-3-8-14-25)26-15-9-4-10-16-26/h2-22H,1H3,(H,34,35,37)/b28-21+,33-22?. The maximum atomic E-state index is 12.0. The molecule has 4 aromatic rings. The van der Waals surface area contributed by atoms with E-state index in [1.54, 1.807) is 6.21 Å². The lowest BCUT2D eigenvalue weighted by molar-refractivity contribution is -0.135. The number of carbonyl (C=O) groups excluding carboxylic acids is 2. The number of hydrogen-bond acceptors (Lipinski definition) is 7. The van der Waals surface area contributed by atoms with Crippen molar-refractivity contribution < 1.29 is 19.1 Å². The van der Waals surface area contributed by atoms with Gasteiger partial charge in [-0.05, 0) is 41.6 Å². The van der Waals surface area contributed by atoms with Crippen molar-refractivity contribution in [2.24, 2.45) is 10.2 Å². The van der Waals surface area contributed by atoms with Gasteiger partial charge in [0, 0.05) is 22.8 Å². The van der Waals surface area contributed by atoms with E-state index in [9.17, 15) is 9.59 Å². The SMILES string of the molecule is COC(=O)/C=C1/S/C(=N\N=Cc2ccc(OC(c3ccccc3)(c3ccccc3)c3ccccc3)cc2)NC1=O. The van der Waals surface area contributed by atoms with Crippen LogP contribution in [0.2, 0.25) is 0 Å². The molecule has 0 aliphatic carbocycles. The molecule has 198 valence electrons. The van der Waals surface area contributed by atoms with E-state index in [4.69, 9.17) is 4.74 Å². The van der Waals surface area contributed by atoms with Crippen LogP contribution in [0.4, 0.5) is 0 Å². The molecule has 0 atom stereocenters. The summed E-state index contributed by atoms with van der Waals surface area (Å²) in [6.45, 7) is 0. The minimum absolute atomic E-state index is 0.195. The molecule has 40 heavy (non-hydrogen) atoms. The van der Waals surface area contributed by atoms with Crippen LogP contribution in [-0.4, -0.2) is 30.4 Å². The first-order chi connectivity index (χ1) is 19.6. The number of benzene rings is 4. The van der Waals surface area contributed by atoms with Crippen LogP contribution in [-0.2, 0) is 19.9 Å². The Balaban J connectivity index is 1.41. The van der Waals surface area contributed by atoms with Gasteiger partial charge in [-0.3, -0.25) is 10.1 Å². The molecule has 5 rings (SSSR count). The summed E-state index contributed by atoms with van der Waals surface area (Å²) in [5, 5.41) is 11.0. The van der Waals surface area contributed by atoms with Gasteiger partial charge in [-0.2, -0.15) is 5.10 Å². The molecule has 4 aromatic carbocycles. The van der Waals surface area contributed by atoms with Gasteiger partial charge in [0.25, 0.3) is 5.91 Å². The molecule has 1 heterocycles. The highest BCUT2D eigenvalue weighted by Gasteiger charge is 2.38. The van der Waals surface area contributed by atoms with Crippen molar-refractivity contribution in [3.05, 3.63) is 148 Å². The number of nitrogens with one attached hydrogen (secondary N) is 1. The van der Waals surface area contributed by atoms with Crippen LogP contribution < -0.4 is 10.1 Å². The molecule has 1 aliphatic heterocycles. The summed E-state index contributed by atoms with van der Waals surface area (Å²) < 4.78 is 11.5. The maximum absolute atomic E-state index is 12.0. The second kappa shape index (κ2) is 12.3. The second-order valence-electron chi connectivity index (χ2n) is 8.69. The molecule has 1 N–H and O–H groups in total. The van der Waals surface area contributed by atoms with Crippen LogP contribution >= 0.6 is 11.8 Å². The second-order valence-corrected chi connectivity index (χ2v) is 9.72. The number of amidine groups is 1. The quantitative estimate of drug-likeness (QED) is 0.101. The van der Waals surface area contributed by atoms with Crippen molar-refractivity contribution in [1.82, 2.24) is 5.32 Å². The van der Waals surface area contributed by atoms with Gasteiger partial charge in [-0.1, -0.05) is 91.0 Å². The van der Waals surface area contributed by atoms with Crippen LogP contribution in [0, 0.1) is 0 Å². The largest absolute Gasteiger partial charge is 0.473 e. The molecule has 1 saturated heterocycles. The van der Waals surface area contributed by atoms with Gasteiger partial charge in [-0.25, -0.2) is 4.79 Å². The zero-order valence-corrected chi connectivity index (χ0v) is 22.4. The predicted molar refractivity (Wildman–Crippen MR) is 157 cm³/mol. The number of nitrogens with zero attached hydrogens (tertiary/aromatic N) is 2. The fraction of sp³-hybridized carbons (Fsp3) is 0.0625. The Morgan fingerprint density at radius 2 is 1.32 bits per heavy atom. The van der Waals surface area contributed by atoms with E-state index in [1.807, 2.05) is 78.9 Å². The van der Waals surface area contributed by atoms with Crippen molar-refractivity contribution >= 4 is 35.0 Å². The Morgan fingerprint density at radius 1 is 0.800 bits per heavy atom. The molecule has 0 bridgehead atoms. The van der Waals surface area contributed by atoms with Crippen LogP contribution in [0.15, 0.2) is 136 Å². The first kappa shape index (κ1) is 26.6. The molecule has 0 aromatic heterocycles. The van der Waals surface area contributed by atoms with Crippen LogP contribution in [0.5, 0.6) is 5.75 Å². The van der Waals surface area contributed by atoms with E-state index in [0.29, 0.717) is 5.75 Å². The average molecular weight is 548 g/mol. The molecule has 1 amide bonds. The Hall–Kier alpha value is -4.95. The molecule has 0 saturated carbocycles. The molecular formula is C32H25N3O4S. The number of esters is 1. The maximum Gasteiger partial charge on any atom is 0.331 e. The molecular weight excluding hydrogens is 522 g/mol. The summed E-state index contributed by atoms with van der Waals surface area (Å²) in [7, 11) is 1.25. The molecule has 0 unspecified atom stereocenters. The van der Waals surface area contributed by atoms with Crippen LogP contribution in [0.25, 0.3) is 0 Å². The first-order valence-electron chi connectivity index (χ1n) is 12.4. The monoisotopic (exact) mass is 547 g/mol. The lowest BCUT2D eigenvalue weighted by Crippen LogP contribution is -2.36. The smallest absolute Gasteiger partial charge is 0.331 e. The third-order valence-electron chi connectivity index (χ3n) is 6.15. The van der Waals surface area contributed by atoms with E-state index < -0.39 is 17.5 Å². The number of thioether (sulfide) groups is 1. The van der Waals surface area contributed by atoms with Crippen molar-refractivity contribution in [2.75, 3.05) is 7.11 Å². The third kappa shape index (κ3) is 5.87. The van der Waals surface area contributed by atoms with Gasteiger partial charge < -0.3 is 9.47 Å². The van der Waals surface area contributed by atoms with E-state index in [-0.39, 0.29) is 10.1 Å². The van der Waals surface area contributed by atoms with Crippen LogP contribution in [0.1, 0.15) is 22.3 Å². The van der Waals surface area contributed by atoms with E-state index in [2.05, 4.69) is 56.7 Å². The number of rotatable bonds is 8. The fourth-order valence-corrected chi connectivity index (χ4v) is 5.02. The van der Waals surface area contributed by atoms with Crippen LogP contribution in [0.3, 0.4) is 0 Å². The third-order valence-corrected chi connectivity index (χ3v) is 7.05. The number of ether oxygens (including phenoxy) is 2. The van der Waals surface area contributed by atoms with E-state index in [0.717, 1.165) is 40.1 Å². The van der Waals surface area contributed by atoms with Crippen molar-refractivity contribution in [3.8, 4) is 5.75 Å². The number of hydrogen-bond donors (Lipinski definition) is 1. The molecule has 1 fully saturated rings. The Morgan fingerprint density at radius 3 is 1.82 bits per heavy atom. The van der Waals surface area contributed by atoms with Crippen molar-refractivity contribution in [1.29, 1.82) is 0 Å². The molecule has 8 heteroatoms. The fourth-order valence-electron chi connectivity index (χ4n) is 4.28. The van der Waals surface area contributed by atoms with E-state index in [1.165, 1.54) is 7.11 Å². The average Bonchev–Trinajstić information content (AvgIpc) is 3.36. The Kier molecular flexibility index (Phi) is 8.18. The summed E-state index contributed by atoms with van der Waals surface area (Å²) in [5.41, 5.74) is 2.93. The van der Waals surface area contributed by atoms with Gasteiger partial charge in [0.05, 0.1) is 18.2 Å². The number of amides is 1. The van der Waals surface area contributed by atoms with Gasteiger partial charge in [0.1, 0.15) is 5.75 Å². The first-order valence-corrected chi connectivity index (χ1v) is 13.3. The highest BCUT2D eigenvalue weighted by atomic mass is 32.2. The topological polar surface area (TPSA) is 89.3 Å². The predicted octanol–water partition coefficient (Wildman–Crippen LogP) is 5.67. The van der Waals surface area contributed by atoms with Gasteiger partial charge in [-0.15, -0.1) is 5.10 Å². The van der Waals surface area contributed by atoms with Crippen molar-refractivity contribution in [2.45, 2.75) is 5.60 Å². The summed E-state index contributed by atoms with van der Waals surface area (Å²) in [6, 6.07) is 38.1. The highest BCUT2D eigenvalue weighted by Crippen LogP contribution is 2.41. The molecule has 1 aliphatic rings. The number of methoxy groups -OCH3 is 1. The molecule has 0 spiro atoms. The van der Waals surface area contributed by atoms with E-state index >= 15 is 0 Å². The lowest BCUT2D eigenvalue weighted by Gasteiger charge is -2.36. The minimum atomic E-state index is -0.876. The zero-order valence-electron chi connectivity index (χ0n) is 21.6. The minimum Gasteiger partial charge on any atom is -0.473 e. The lowest BCUT2D eigenvalue weighted by atomic mass is 9.80. The number of carbonyl (C=O) groups is 2. The summed E-state index contributed by atoms with van der Waals surface area (Å²) >= 11 is 1.02. The highest BCUT2D eigenvalue weighted by molar-refractivity contribution is 8.18. The summed E-state index contributed by atoms with van der Waals surface area (Å²) in [6.07, 6.45) is 2.69. The zero-order chi connectivity index (χ0) is 27.8. The summed E-state index contributed by atoms with van der Waals surface area (Å²) in [5.74, 6) is -0.360. The van der Waals surface area contributed by atoms with Gasteiger partial charge >= 0.3 is 5.97 Å². The van der Waals surface area contributed by atoms with Crippen molar-refractivity contribution in [3.63, 3.8) is 0 Å².